The largest absolute Gasteiger partial charge is 0.344 e. The molecule has 1 aliphatic rings. The molecule has 0 N–H and O–H groups in total. The topological polar surface area (TPSA) is 41.4 Å². The maximum Gasteiger partial charge on any atom is 0.224 e. The van der Waals surface area contributed by atoms with Crippen molar-refractivity contribution in [2.24, 2.45) is 0 Å². The predicted octanol–water partition coefficient (Wildman–Crippen LogP) is 2.44. The van der Waals surface area contributed by atoms with Crippen LogP contribution >= 0.6 is 11.6 Å². The number of aryl methyl sites for hydroxylation is 1. The third kappa shape index (κ3) is 3.97. The zero-order valence-corrected chi connectivity index (χ0v) is 14.9. The van der Waals surface area contributed by atoms with E-state index < -0.39 is 0 Å². The van der Waals surface area contributed by atoms with E-state index in [1.165, 1.54) is 11.1 Å². The summed E-state index contributed by atoms with van der Waals surface area (Å²) in [4.78, 5) is 16.5. The van der Waals surface area contributed by atoms with Crippen LogP contribution in [0.5, 0.6) is 0 Å². The summed E-state index contributed by atoms with van der Waals surface area (Å²) in [5.74, 6) is 0.133. The minimum Gasteiger partial charge on any atom is -0.344 e. The van der Waals surface area contributed by atoms with Gasteiger partial charge in [0.15, 0.2) is 0 Å². The van der Waals surface area contributed by atoms with E-state index in [-0.39, 0.29) is 5.91 Å². The van der Waals surface area contributed by atoms with Crippen LogP contribution in [0.2, 0.25) is 5.02 Å². The standard InChI is InChI=1S/C18H23ClN4O/c1-21-11-15-6-4-3-5-14(15)9-17(21)13-22(2)18(24)7-8-23-12-16(19)10-20-23/h3-6,10,12,17H,7-9,11,13H2,1-2H3/t17-/m1/s1. The van der Waals surface area contributed by atoms with Gasteiger partial charge in [-0.2, -0.15) is 5.10 Å². The van der Waals surface area contributed by atoms with E-state index in [0.29, 0.717) is 24.0 Å². The van der Waals surface area contributed by atoms with Gasteiger partial charge in [0.25, 0.3) is 0 Å². The van der Waals surface area contributed by atoms with Gasteiger partial charge in [0.1, 0.15) is 0 Å². The molecule has 0 saturated heterocycles. The van der Waals surface area contributed by atoms with E-state index in [0.717, 1.165) is 19.5 Å². The number of carbonyl (C=O) groups is 1. The highest BCUT2D eigenvalue weighted by Crippen LogP contribution is 2.22. The van der Waals surface area contributed by atoms with E-state index >= 15 is 0 Å². The minimum absolute atomic E-state index is 0.133. The van der Waals surface area contributed by atoms with E-state index in [2.05, 4.69) is 41.3 Å². The third-order valence-electron chi connectivity index (χ3n) is 4.68. The lowest BCUT2D eigenvalue weighted by molar-refractivity contribution is -0.131. The summed E-state index contributed by atoms with van der Waals surface area (Å²) < 4.78 is 1.71. The summed E-state index contributed by atoms with van der Waals surface area (Å²) >= 11 is 5.84. The molecule has 0 saturated carbocycles. The lowest BCUT2D eigenvalue weighted by atomic mass is 9.94. The number of aromatic nitrogens is 2. The lowest BCUT2D eigenvalue weighted by Crippen LogP contribution is -2.46. The highest BCUT2D eigenvalue weighted by molar-refractivity contribution is 6.30. The first-order valence-electron chi connectivity index (χ1n) is 8.22. The molecule has 1 amide bonds. The van der Waals surface area contributed by atoms with Crippen molar-refractivity contribution in [1.29, 1.82) is 0 Å². The van der Waals surface area contributed by atoms with E-state index in [4.69, 9.17) is 11.6 Å². The Morgan fingerprint density at radius 3 is 2.83 bits per heavy atom. The van der Waals surface area contributed by atoms with Gasteiger partial charge in [-0.25, -0.2) is 0 Å². The minimum atomic E-state index is 0.133. The molecule has 24 heavy (non-hydrogen) atoms. The van der Waals surface area contributed by atoms with Gasteiger partial charge in [-0.05, 0) is 24.6 Å². The molecule has 5 nitrogen and oxygen atoms in total. The molecular formula is C18H23ClN4O. The number of nitrogens with zero attached hydrogens (tertiary/aromatic N) is 4. The molecule has 0 fully saturated rings. The molecule has 3 rings (SSSR count). The Bertz CT molecular complexity index is 715. The van der Waals surface area contributed by atoms with E-state index in [9.17, 15) is 4.79 Å². The van der Waals surface area contributed by atoms with Gasteiger partial charge in [-0.15, -0.1) is 0 Å². The number of benzene rings is 1. The van der Waals surface area contributed by atoms with Crippen LogP contribution in [-0.2, 0) is 24.3 Å². The van der Waals surface area contributed by atoms with Gasteiger partial charge in [0, 0.05) is 45.3 Å². The molecule has 1 aromatic carbocycles. The quantitative estimate of drug-likeness (QED) is 0.835. The second kappa shape index (κ2) is 7.36. The molecule has 0 radical (unpaired) electrons. The average molecular weight is 347 g/mol. The normalized spacial score (nSPS) is 17.5. The third-order valence-corrected chi connectivity index (χ3v) is 4.88. The number of hydrogen-bond donors (Lipinski definition) is 0. The van der Waals surface area contributed by atoms with Crippen molar-refractivity contribution < 1.29 is 4.79 Å². The van der Waals surface area contributed by atoms with Crippen molar-refractivity contribution in [3.05, 3.63) is 52.8 Å². The summed E-state index contributed by atoms with van der Waals surface area (Å²) in [6, 6.07) is 8.91. The number of rotatable bonds is 5. The molecule has 2 heterocycles. The Labute approximate surface area is 147 Å². The van der Waals surface area contributed by atoms with E-state index in [1.54, 1.807) is 17.1 Å². The molecule has 2 aromatic rings. The summed E-state index contributed by atoms with van der Waals surface area (Å²) in [5, 5.41) is 4.70. The second-order valence-electron chi connectivity index (χ2n) is 6.49. The van der Waals surface area contributed by atoms with Gasteiger partial charge in [0.2, 0.25) is 5.91 Å². The Balaban J connectivity index is 1.54. The molecule has 0 spiro atoms. The molecule has 6 heteroatoms. The monoisotopic (exact) mass is 346 g/mol. The fourth-order valence-electron chi connectivity index (χ4n) is 3.20. The summed E-state index contributed by atoms with van der Waals surface area (Å²) in [6.45, 7) is 2.23. The molecule has 0 bridgehead atoms. The van der Waals surface area contributed by atoms with Crippen molar-refractivity contribution in [2.45, 2.75) is 32.0 Å². The van der Waals surface area contributed by atoms with Gasteiger partial charge >= 0.3 is 0 Å². The highest BCUT2D eigenvalue weighted by atomic mass is 35.5. The maximum atomic E-state index is 12.4. The van der Waals surface area contributed by atoms with Gasteiger partial charge in [-0.3, -0.25) is 14.4 Å². The van der Waals surface area contributed by atoms with Crippen molar-refractivity contribution in [2.75, 3.05) is 20.6 Å². The smallest absolute Gasteiger partial charge is 0.224 e. The Hall–Kier alpha value is -1.85. The zero-order valence-electron chi connectivity index (χ0n) is 14.2. The Morgan fingerprint density at radius 2 is 2.12 bits per heavy atom. The van der Waals surface area contributed by atoms with Crippen molar-refractivity contribution in [3.63, 3.8) is 0 Å². The molecule has 1 atom stereocenters. The maximum absolute atomic E-state index is 12.4. The van der Waals surface area contributed by atoms with Crippen LogP contribution in [0, 0.1) is 0 Å². The first-order chi connectivity index (χ1) is 11.5. The first kappa shape index (κ1) is 17.0. The zero-order chi connectivity index (χ0) is 17.1. The van der Waals surface area contributed by atoms with Crippen molar-refractivity contribution in [1.82, 2.24) is 19.6 Å². The fourth-order valence-corrected chi connectivity index (χ4v) is 3.36. The Morgan fingerprint density at radius 1 is 1.38 bits per heavy atom. The van der Waals surface area contributed by atoms with E-state index in [1.807, 2.05) is 11.9 Å². The van der Waals surface area contributed by atoms with Crippen molar-refractivity contribution >= 4 is 17.5 Å². The van der Waals surface area contributed by atoms with Gasteiger partial charge in [-0.1, -0.05) is 35.9 Å². The van der Waals surface area contributed by atoms with Crippen LogP contribution in [0.1, 0.15) is 17.5 Å². The molecule has 128 valence electrons. The first-order valence-corrected chi connectivity index (χ1v) is 8.59. The van der Waals surface area contributed by atoms with Crippen LogP contribution in [0.3, 0.4) is 0 Å². The fraction of sp³-hybridized carbons (Fsp3) is 0.444. The van der Waals surface area contributed by atoms with Crippen LogP contribution in [0.15, 0.2) is 36.7 Å². The number of amides is 1. The predicted molar refractivity (Wildman–Crippen MR) is 94.9 cm³/mol. The molecular weight excluding hydrogens is 324 g/mol. The summed E-state index contributed by atoms with van der Waals surface area (Å²) in [6.07, 6.45) is 4.74. The molecule has 1 aliphatic heterocycles. The summed E-state index contributed by atoms with van der Waals surface area (Å²) in [7, 11) is 4.01. The average Bonchev–Trinajstić information content (AvgIpc) is 2.98. The molecule has 1 aromatic heterocycles. The number of fused-ring (bicyclic) bond motifs is 1. The Kier molecular flexibility index (Phi) is 5.21. The number of halogens is 1. The van der Waals surface area contributed by atoms with Crippen LogP contribution < -0.4 is 0 Å². The van der Waals surface area contributed by atoms with Gasteiger partial charge < -0.3 is 4.90 Å². The summed E-state index contributed by atoms with van der Waals surface area (Å²) in [5.41, 5.74) is 2.79. The number of hydrogen-bond acceptors (Lipinski definition) is 3. The van der Waals surface area contributed by atoms with Crippen LogP contribution in [-0.4, -0.2) is 52.2 Å². The SMILES string of the molecule is CN(C[C@H]1Cc2ccccc2CN1C)C(=O)CCn1cc(Cl)cn1. The number of likely N-dealkylation sites (N-methyl/N-ethyl adjacent to an activating group) is 2. The number of carbonyl (C=O) groups excluding carboxylic acids is 1. The molecule has 0 unspecified atom stereocenters. The van der Waals surface area contributed by atoms with Crippen LogP contribution in [0.25, 0.3) is 0 Å². The van der Waals surface area contributed by atoms with Gasteiger partial charge in [0.05, 0.1) is 11.2 Å². The lowest BCUT2D eigenvalue weighted by Gasteiger charge is -2.36. The molecule has 0 aliphatic carbocycles. The van der Waals surface area contributed by atoms with Crippen molar-refractivity contribution in [3.8, 4) is 0 Å². The second-order valence-corrected chi connectivity index (χ2v) is 6.92. The highest BCUT2D eigenvalue weighted by Gasteiger charge is 2.25. The van der Waals surface area contributed by atoms with Crippen LogP contribution in [0.4, 0.5) is 0 Å².